The van der Waals surface area contributed by atoms with Crippen molar-refractivity contribution in [3.05, 3.63) is 69.7 Å². The van der Waals surface area contributed by atoms with Crippen molar-refractivity contribution in [1.29, 1.82) is 0 Å². The maximum Gasteiger partial charge on any atom is 0.258 e. The number of primary amides is 1. The summed E-state index contributed by atoms with van der Waals surface area (Å²) in [5.41, 5.74) is 3.86. The Labute approximate surface area is 120 Å². The first kappa shape index (κ1) is 13.9. The molecule has 5 heteroatoms. The van der Waals surface area contributed by atoms with E-state index < -0.39 is 11.5 Å². The summed E-state index contributed by atoms with van der Waals surface area (Å²) in [6.45, 7) is 0. The molecule has 98 valence electrons. The smallest absolute Gasteiger partial charge is 0.258 e. The van der Waals surface area contributed by atoms with E-state index in [2.05, 4.69) is 0 Å². The molecule has 0 aliphatic rings. The summed E-state index contributed by atoms with van der Waals surface area (Å²) in [6.07, 6.45) is 0. The van der Waals surface area contributed by atoms with E-state index in [1.54, 1.807) is 42.5 Å². The van der Waals surface area contributed by atoms with E-state index in [0.29, 0.717) is 5.56 Å². The fraction of sp³-hybridized carbons (Fsp3) is 0.0714. The molecule has 1 unspecified atom stereocenters. The van der Waals surface area contributed by atoms with Gasteiger partial charge in [0.15, 0.2) is 5.60 Å². The van der Waals surface area contributed by atoms with Gasteiger partial charge in [-0.1, -0.05) is 65.7 Å². The average Bonchev–Trinajstić information content (AvgIpc) is 2.42. The number of hydrogen-bond donors (Lipinski definition) is 2. The van der Waals surface area contributed by atoms with Gasteiger partial charge in [-0.2, -0.15) is 0 Å². The van der Waals surface area contributed by atoms with Crippen LogP contribution in [0.25, 0.3) is 0 Å². The monoisotopic (exact) mass is 295 g/mol. The highest BCUT2D eigenvalue weighted by molar-refractivity contribution is 6.42. The van der Waals surface area contributed by atoms with Crippen LogP contribution in [0.4, 0.5) is 0 Å². The van der Waals surface area contributed by atoms with Gasteiger partial charge in [-0.25, -0.2) is 0 Å². The lowest BCUT2D eigenvalue weighted by Gasteiger charge is -2.26. The number of carbonyl (C=O) groups excluding carboxylic acids is 1. The molecule has 0 spiro atoms. The second-order valence-corrected chi connectivity index (χ2v) is 4.83. The molecule has 2 rings (SSSR count). The van der Waals surface area contributed by atoms with E-state index >= 15 is 0 Å². The van der Waals surface area contributed by atoms with Crippen molar-refractivity contribution in [1.82, 2.24) is 0 Å². The van der Waals surface area contributed by atoms with Gasteiger partial charge < -0.3 is 10.8 Å². The van der Waals surface area contributed by atoms with Crippen LogP contribution in [0, 0.1) is 0 Å². The number of halogens is 2. The Kier molecular flexibility index (Phi) is 3.80. The maximum atomic E-state index is 11.8. The normalized spacial score (nSPS) is 13.8. The summed E-state index contributed by atoms with van der Waals surface area (Å²) in [5.74, 6) is -0.914. The zero-order valence-electron chi connectivity index (χ0n) is 9.81. The minimum atomic E-state index is -2.01. The van der Waals surface area contributed by atoms with Crippen LogP contribution in [0.1, 0.15) is 11.1 Å². The van der Waals surface area contributed by atoms with E-state index in [-0.39, 0.29) is 15.6 Å². The third kappa shape index (κ3) is 2.32. The highest BCUT2D eigenvalue weighted by Crippen LogP contribution is 2.37. The molecule has 0 aliphatic carbocycles. The molecule has 3 nitrogen and oxygen atoms in total. The van der Waals surface area contributed by atoms with Gasteiger partial charge in [-0.05, 0) is 11.6 Å². The number of benzene rings is 2. The van der Waals surface area contributed by atoms with Crippen LogP contribution in [0.15, 0.2) is 48.5 Å². The molecule has 1 atom stereocenters. The number of carbonyl (C=O) groups is 1. The van der Waals surface area contributed by atoms with Crippen LogP contribution in [0.5, 0.6) is 0 Å². The second-order valence-electron chi connectivity index (χ2n) is 4.04. The zero-order chi connectivity index (χ0) is 14.0. The second kappa shape index (κ2) is 5.21. The van der Waals surface area contributed by atoms with Crippen molar-refractivity contribution >= 4 is 29.1 Å². The summed E-state index contributed by atoms with van der Waals surface area (Å²) in [7, 11) is 0. The lowest BCUT2D eigenvalue weighted by Crippen LogP contribution is -2.42. The molecule has 0 heterocycles. The molecule has 1 amide bonds. The van der Waals surface area contributed by atoms with E-state index in [9.17, 15) is 9.90 Å². The van der Waals surface area contributed by atoms with Gasteiger partial charge >= 0.3 is 0 Å². The standard InChI is InChI=1S/C14H11Cl2NO2/c15-11-8-4-7-10(12(11)16)14(19,13(17)18)9-5-2-1-3-6-9/h1-8,19H,(H2,17,18). The number of hydrogen-bond acceptors (Lipinski definition) is 2. The fourth-order valence-electron chi connectivity index (χ4n) is 1.89. The van der Waals surface area contributed by atoms with Crippen LogP contribution >= 0.6 is 23.2 Å². The molecule has 3 N–H and O–H groups in total. The first-order chi connectivity index (χ1) is 8.98. The van der Waals surface area contributed by atoms with Crippen LogP contribution in [0.3, 0.4) is 0 Å². The summed E-state index contributed by atoms with van der Waals surface area (Å²) >= 11 is 12.0. The van der Waals surface area contributed by atoms with Crippen LogP contribution in [0.2, 0.25) is 10.0 Å². The number of aliphatic hydroxyl groups is 1. The van der Waals surface area contributed by atoms with Crippen molar-refractivity contribution in [2.24, 2.45) is 5.73 Å². The van der Waals surface area contributed by atoms with Gasteiger partial charge in [0, 0.05) is 5.56 Å². The van der Waals surface area contributed by atoms with Gasteiger partial charge in [0.25, 0.3) is 5.91 Å². The van der Waals surface area contributed by atoms with E-state index in [0.717, 1.165) is 0 Å². The quantitative estimate of drug-likeness (QED) is 0.914. The highest BCUT2D eigenvalue weighted by atomic mass is 35.5. The first-order valence-electron chi connectivity index (χ1n) is 5.50. The Morgan fingerprint density at radius 2 is 1.68 bits per heavy atom. The molecule has 2 aromatic carbocycles. The molecular weight excluding hydrogens is 285 g/mol. The Morgan fingerprint density at radius 1 is 1.05 bits per heavy atom. The van der Waals surface area contributed by atoms with Gasteiger partial charge in [0.2, 0.25) is 0 Å². The van der Waals surface area contributed by atoms with Crippen LogP contribution in [-0.4, -0.2) is 11.0 Å². The topological polar surface area (TPSA) is 63.3 Å². The minimum absolute atomic E-state index is 0.106. The van der Waals surface area contributed by atoms with Crippen molar-refractivity contribution in [2.45, 2.75) is 5.60 Å². The number of rotatable bonds is 3. The lowest BCUT2D eigenvalue weighted by atomic mass is 9.85. The summed E-state index contributed by atoms with van der Waals surface area (Å²) < 4.78 is 0. The molecule has 0 bridgehead atoms. The Morgan fingerprint density at radius 3 is 2.26 bits per heavy atom. The molecule has 19 heavy (non-hydrogen) atoms. The molecular formula is C14H11Cl2NO2. The Bertz CT molecular complexity index is 616. The van der Waals surface area contributed by atoms with E-state index in [4.69, 9.17) is 28.9 Å². The summed E-state index contributed by atoms with van der Waals surface area (Å²) in [5, 5.41) is 11.1. The van der Waals surface area contributed by atoms with E-state index in [1.807, 2.05) is 0 Å². The van der Waals surface area contributed by atoms with Crippen LogP contribution < -0.4 is 5.73 Å². The lowest BCUT2D eigenvalue weighted by molar-refractivity contribution is -0.133. The zero-order valence-corrected chi connectivity index (χ0v) is 11.3. The molecule has 0 aliphatic heterocycles. The fourth-order valence-corrected chi connectivity index (χ4v) is 2.33. The molecule has 0 saturated heterocycles. The summed E-state index contributed by atoms with van der Waals surface area (Å²) in [4.78, 5) is 11.8. The third-order valence-electron chi connectivity index (χ3n) is 2.89. The van der Waals surface area contributed by atoms with Crippen molar-refractivity contribution < 1.29 is 9.90 Å². The van der Waals surface area contributed by atoms with Gasteiger partial charge in [-0.3, -0.25) is 4.79 Å². The average molecular weight is 296 g/mol. The molecule has 0 radical (unpaired) electrons. The molecule has 2 aromatic rings. The van der Waals surface area contributed by atoms with Crippen molar-refractivity contribution in [2.75, 3.05) is 0 Å². The number of amides is 1. The predicted molar refractivity (Wildman–Crippen MR) is 75.1 cm³/mol. The molecule has 0 fully saturated rings. The van der Waals surface area contributed by atoms with Gasteiger partial charge in [0.1, 0.15) is 0 Å². The van der Waals surface area contributed by atoms with Gasteiger partial charge in [0.05, 0.1) is 10.0 Å². The molecule has 0 saturated carbocycles. The molecule has 0 aromatic heterocycles. The predicted octanol–water partition coefficient (Wildman–Crippen LogP) is 2.71. The minimum Gasteiger partial charge on any atom is -0.372 e. The SMILES string of the molecule is NC(=O)C(O)(c1ccccc1)c1cccc(Cl)c1Cl. The van der Waals surface area contributed by atoms with Gasteiger partial charge in [-0.15, -0.1) is 0 Å². The maximum absolute atomic E-state index is 11.8. The highest BCUT2D eigenvalue weighted by Gasteiger charge is 2.40. The Balaban J connectivity index is 2.71. The number of nitrogens with two attached hydrogens (primary N) is 1. The van der Waals surface area contributed by atoms with E-state index in [1.165, 1.54) is 6.07 Å². The van der Waals surface area contributed by atoms with Crippen molar-refractivity contribution in [3.8, 4) is 0 Å². The third-order valence-corrected chi connectivity index (χ3v) is 3.71. The summed E-state index contributed by atoms with van der Waals surface area (Å²) in [6, 6.07) is 13.0. The largest absolute Gasteiger partial charge is 0.372 e. The van der Waals surface area contributed by atoms with Crippen molar-refractivity contribution in [3.63, 3.8) is 0 Å². The Hall–Kier alpha value is -1.55. The van der Waals surface area contributed by atoms with Crippen LogP contribution in [-0.2, 0) is 10.4 Å². The first-order valence-corrected chi connectivity index (χ1v) is 6.26.